The number of aryl methyl sites for hydroxylation is 3. The van der Waals surface area contributed by atoms with Crippen LogP contribution in [-0.4, -0.2) is 28.5 Å². The maximum Gasteiger partial charge on any atom is 0.178 e. The minimum absolute atomic E-state index is 0.568. The second-order valence-electron chi connectivity index (χ2n) is 5.73. The maximum atomic E-state index is 4.68. The van der Waals surface area contributed by atoms with Crippen molar-refractivity contribution in [1.29, 1.82) is 0 Å². The molecule has 0 spiro atoms. The van der Waals surface area contributed by atoms with Gasteiger partial charge in [0, 0.05) is 17.6 Å². The average molecular weight is 284 g/mol. The van der Waals surface area contributed by atoms with Gasteiger partial charge < -0.3 is 5.32 Å². The molecular formula is C17H24N4. The molecule has 0 saturated carbocycles. The lowest BCUT2D eigenvalue weighted by atomic mass is 9.98. The SMILES string of the molecule is CNCC(C)Cc1c(C)nc(-c2ncccc2C)nc1C. The van der Waals surface area contributed by atoms with Crippen LogP contribution in [0, 0.1) is 26.7 Å². The molecule has 2 aromatic rings. The zero-order chi connectivity index (χ0) is 15.4. The number of hydrogen-bond acceptors (Lipinski definition) is 4. The average Bonchev–Trinajstić information content (AvgIpc) is 2.43. The highest BCUT2D eigenvalue weighted by Crippen LogP contribution is 2.21. The molecule has 2 rings (SSSR count). The van der Waals surface area contributed by atoms with Crippen LogP contribution in [0.3, 0.4) is 0 Å². The summed E-state index contributed by atoms with van der Waals surface area (Å²) < 4.78 is 0. The van der Waals surface area contributed by atoms with Crippen molar-refractivity contribution < 1.29 is 0 Å². The number of pyridine rings is 1. The molecule has 0 bridgehead atoms. The van der Waals surface area contributed by atoms with Crippen LogP contribution in [-0.2, 0) is 6.42 Å². The number of aromatic nitrogens is 3. The van der Waals surface area contributed by atoms with Crippen LogP contribution in [0.1, 0.15) is 29.4 Å². The molecule has 4 heteroatoms. The van der Waals surface area contributed by atoms with Gasteiger partial charge in [0.1, 0.15) is 5.69 Å². The highest BCUT2D eigenvalue weighted by atomic mass is 14.9. The Morgan fingerprint density at radius 2 is 1.81 bits per heavy atom. The van der Waals surface area contributed by atoms with Gasteiger partial charge in [-0.15, -0.1) is 0 Å². The number of hydrogen-bond donors (Lipinski definition) is 1. The number of rotatable bonds is 5. The van der Waals surface area contributed by atoms with Gasteiger partial charge in [-0.1, -0.05) is 13.0 Å². The molecule has 0 aliphatic heterocycles. The summed E-state index contributed by atoms with van der Waals surface area (Å²) in [5.74, 6) is 1.30. The van der Waals surface area contributed by atoms with Gasteiger partial charge in [-0.3, -0.25) is 4.98 Å². The van der Waals surface area contributed by atoms with Crippen LogP contribution in [0.4, 0.5) is 0 Å². The molecule has 0 aliphatic carbocycles. The van der Waals surface area contributed by atoms with Gasteiger partial charge in [-0.25, -0.2) is 9.97 Å². The normalized spacial score (nSPS) is 12.4. The molecule has 4 nitrogen and oxygen atoms in total. The summed E-state index contributed by atoms with van der Waals surface area (Å²) in [6.07, 6.45) is 2.79. The van der Waals surface area contributed by atoms with Crippen molar-refractivity contribution in [3.8, 4) is 11.5 Å². The van der Waals surface area contributed by atoms with E-state index >= 15 is 0 Å². The lowest BCUT2D eigenvalue weighted by Gasteiger charge is -2.15. The van der Waals surface area contributed by atoms with Crippen molar-refractivity contribution in [3.63, 3.8) is 0 Å². The van der Waals surface area contributed by atoms with E-state index in [-0.39, 0.29) is 0 Å². The van der Waals surface area contributed by atoms with Crippen LogP contribution in [0.15, 0.2) is 18.3 Å². The van der Waals surface area contributed by atoms with Crippen molar-refractivity contribution in [3.05, 3.63) is 40.8 Å². The minimum atomic E-state index is 0.568. The monoisotopic (exact) mass is 284 g/mol. The molecule has 1 atom stereocenters. The molecule has 112 valence electrons. The topological polar surface area (TPSA) is 50.7 Å². The molecule has 0 radical (unpaired) electrons. The Bertz CT molecular complexity index is 599. The first-order chi connectivity index (χ1) is 10.0. The molecule has 0 saturated heterocycles. The van der Waals surface area contributed by atoms with Crippen LogP contribution < -0.4 is 5.32 Å². The Balaban J connectivity index is 2.35. The van der Waals surface area contributed by atoms with Gasteiger partial charge in [0.15, 0.2) is 5.82 Å². The molecule has 0 fully saturated rings. The first kappa shape index (κ1) is 15.6. The van der Waals surface area contributed by atoms with E-state index in [1.807, 2.05) is 26.1 Å². The van der Waals surface area contributed by atoms with Crippen LogP contribution in [0.5, 0.6) is 0 Å². The Hall–Kier alpha value is -1.81. The van der Waals surface area contributed by atoms with Crippen molar-refractivity contribution in [2.24, 2.45) is 5.92 Å². The van der Waals surface area contributed by atoms with Crippen molar-refractivity contribution in [2.75, 3.05) is 13.6 Å². The molecule has 21 heavy (non-hydrogen) atoms. The standard InChI is InChI=1S/C17H24N4/c1-11(10-18-5)9-15-13(3)20-17(21-14(15)4)16-12(2)7-6-8-19-16/h6-8,11,18H,9-10H2,1-5H3. The maximum absolute atomic E-state index is 4.68. The Morgan fingerprint density at radius 1 is 1.14 bits per heavy atom. The lowest BCUT2D eigenvalue weighted by Crippen LogP contribution is -2.19. The van der Waals surface area contributed by atoms with Crippen molar-refractivity contribution in [2.45, 2.75) is 34.1 Å². The third-order valence-corrected chi connectivity index (χ3v) is 3.75. The second-order valence-corrected chi connectivity index (χ2v) is 5.73. The van der Waals surface area contributed by atoms with E-state index in [0.717, 1.165) is 41.4 Å². The van der Waals surface area contributed by atoms with Crippen molar-refractivity contribution >= 4 is 0 Å². The number of nitrogens with one attached hydrogen (secondary N) is 1. The summed E-state index contributed by atoms with van der Waals surface area (Å²) >= 11 is 0. The van der Waals surface area contributed by atoms with E-state index in [2.05, 4.69) is 41.0 Å². The Labute approximate surface area is 127 Å². The molecule has 1 N–H and O–H groups in total. The number of nitrogens with zero attached hydrogens (tertiary/aromatic N) is 3. The van der Waals surface area contributed by atoms with Gasteiger partial charge in [0.25, 0.3) is 0 Å². The largest absolute Gasteiger partial charge is 0.319 e. The zero-order valence-corrected chi connectivity index (χ0v) is 13.6. The minimum Gasteiger partial charge on any atom is -0.319 e. The fourth-order valence-corrected chi connectivity index (χ4v) is 2.63. The highest BCUT2D eigenvalue weighted by Gasteiger charge is 2.14. The van der Waals surface area contributed by atoms with E-state index < -0.39 is 0 Å². The molecule has 2 aromatic heterocycles. The van der Waals surface area contributed by atoms with Gasteiger partial charge in [0.2, 0.25) is 0 Å². The highest BCUT2D eigenvalue weighted by molar-refractivity contribution is 5.55. The fourth-order valence-electron chi connectivity index (χ4n) is 2.63. The second kappa shape index (κ2) is 6.76. The van der Waals surface area contributed by atoms with Crippen LogP contribution >= 0.6 is 0 Å². The predicted molar refractivity (Wildman–Crippen MR) is 86.3 cm³/mol. The third kappa shape index (κ3) is 3.64. The third-order valence-electron chi connectivity index (χ3n) is 3.75. The van der Waals surface area contributed by atoms with Gasteiger partial charge in [0.05, 0.1) is 0 Å². The van der Waals surface area contributed by atoms with E-state index in [0.29, 0.717) is 5.92 Å². The quantitative estimate of drug-likeness (QED) is 0.917. The summed E-state index contributed by atoms with van der Waals surface area (Å²) in [5, 5.41) is 3.22. The van der Waals surface area contributed by atoms with E-state index in [1.54, 1.807) is 6.20 Å². The van der Waals surface area contributed by atoms with Gasteiger partial charge >= 0.3 is 0 Å². The zero-order valence-electron chi connectivity index (χ0n) is 13.6. The smallest absolute Gasteiger partial charge is 0.178 e. The van der Waals surface area contributed by atoms with E-state index in [9.17, 15) is 0 Å². The molecule has 0 amide bonds. The van der Waals surface area contributed by atoms with Crippen LogP contribution in [0.2, 0.25) is 0 Å². The van der Waals surface area contributed by atoms with Crippen molar-refractivity contribution in [1.82, 2.24) is 20.3 Å². The fraction of sp³-hybridized carbons (Fsp3) is 0.471. The molecule has 1 unspecified atom stereocenters. The van der Waals surface area contributed by atoms with Gasteiger partial charge in [-0.2, -0.15) is 0 Å². The van der Waals surface area contributed by atoms with Gasteiger partial charge in [-0.05, 0) is 63.9 Å². The summed E-state index contributed by atoms with van der Waals surface area (Å²) in [5.41, 5.74) is 5.36. The summed E-state index contributed by atoms with van der Waals surface area (Å²) in [4.78, 5) is 13.8. The molecule has 0 aliphatic rings. The summed E-state index contributed by atoms with van der Waals surface area (Å²) in [6, 6.07) is 3.98. The summed E-state index contributed by atoms with van der Waals surface area (Å²) in [7, 11) is 1.99. The van der Waals surface area contributed by atoms with Crippen LogP contribution in [0.25, 0.3) is 11.5 Å². The molecule has 0 aromatic carbocycles. The lowest BCUT2D eigenvalue weighted by molar-refractivity contribution is 0.537. The Kier molecular flexibility index (Phi) is 5.02. The van der Waals surface area contributed by atoms with E-state index in [4.69, 9.17) is 0 Å². The first-order valence-electron chi connectivity index (χ1n) is 7.43. The molecule has 2 heterocycles. The molecular weight excluding hydrogens is 260 g/mol. The summed E-state index contributed by atoms with van der Waals surface area (Å²) in [6.45, 7) is 9.42. The van der Waals surface area contributed by atoms with E-state index in [1.165, 1.54) is 5.56 Å². The first-order valence-corrected chi connectivity index (χ1v) is 7.43. The Morgan fingerprint density at radius 3 is 2.38 bits per heavy atom. The predicted octanol–water partition coefficient (Wildman–Crippen LogP) is 2.86.